The molecule has 1 atom stereocenters. The van der Waals surface area contributed by atoms with E-state index in [9.17, 15) is 4.79 Å². The Hall–Kier alpha value is -0.870. The molecule has 0 spiro atoms. The van der Waals surface area contributed by atoms with Crippen molar-refractivity contribution < 1.29 is 4.79 Å². The number of benzene rings is 1. The van der Waals surface area contributed by atoms with Gasteiger partial charge in [-0.05, 0) is 63.0 Å². The van der Waals surface area contributed by atoms with Gasteiger partial charge in [0.1, 0.15) is 0 Å². The molecular weight excluding hydrogens is 304 g/mol. The van der Waals surface area contributed by atoms with Crippen molar-refractivity contribution in [3.8, 4) is 0 Å². The maximum absolute atomic E-state index is 12.5. The summed E-state index contributed by atoms with van der Waals surface area (Å²) in [4.78, 5) is 14.5. The average molecular weight is 325 g/mol. The van der Waals surface area contributed by atoms with E-state index >= 15 is 0 Å². The van der Waals surface area contributed by atoms with Gasteiger partial charge < -0.3 is 10.2 Å². The van der Waals surface area contributed by atoms with Gasteiger partial charge in [-0.25, -0.2) is 0 Å². The number of halogens is 1. The Bertz CT molecular complexity index is 439. The van der Waals surface area contributed by atoms with Crippen molar-refractivity contribution in [3.05, 3.63) is 33.8 Å². The summed E-state index contributed by atoms with van der Waals surface area (Å²) in [6.45, 7) is 4.75. The Morgan fingerprint density at radius 3 is 2.95 bits per heavy atom. The van der Waals surface area contributed by atoms with Crippen molar-refractivity contribution in [2.24, 2.45) is 5.92 Å². The van der Waals surface area contributed by atoms with Crippen LogP contribution in [0.3, 0.4) is 0 Å². The molecule has 1 unspecified atom stereocenters. The molecule has 4 heteroatoms. The molecular formula is C15H21BrN2O. The third-order valence-corrected chi connectivity index (χ3v) is 4.05. The molecule has 104 valence electrons. The highest BCUT2D eigenvalue weighted by molar-refractivity contribution is 9.10. The standard InChI is InChI=1S/C15H21BrN2O/c1-11-6-13(8-14(16)7-11)15(19)18-5-3-4-12(10-18)9-17-2/h6-8,12,17H,3-5,9-10H2,1-2H3. The maximum atomic E-state index is 12.5. The number of carbonyl (C=O) groups is 1. The van der Waals surface area contributed by atoms with Crippen molar-refractivity contribution in [2.75, 3.05) is 26.7 Å². The molecule has 3 nitrogen and oxygen atoms in total. The Kier molecular flexibility index (Phi) is 4.99. The molecule has 0 aliphatic carbocycles. The first-order chi connectivity index (χ1) is 9.10. The van der Waals surface area contributed by atoms with Gasteiger partial charge in [0.25, 0.3) is 5.91 Å². The molecule has 1 aromatic rings. The lowest BCUT2D eigenvalue weighted by Crippen LogP contribution is -2.42. The zero-order valence-electron chi connectivity index (χ0n) is 11.6. The first-order valence-corrected chi connectivity index (χ1v) is 7.60. The smallest absolute Gasteiger partial charge is 0.253 e. The second-order valence-corrected chi connectivity index (χ2v) is 6.25. The van der Waals surface area contributed by atoms with Crippen LogP contribution in [0.15, 0.2) is 22.7 Å². The molecule has 1 aromatic carbocycles. The molecule has 0 aromatic heterocycles. The number of rotatable bonds is 3. The van der Waals surface area contributed by atoms with Crippen LogP contribution in [0, 0.1) is 12.8 Å². The van der Waals surface area contributed by atoms with Crippen LogP contribution in [0.25, 0.3) is 0 Å². The van der Waals surface area contributed by atoms with Crippen LogP contribution in [0.4, 0.5) is 0 Å². The quantitative estimate of drug-likeness (QED) is 0.927. The highest BCUT2D eigenvalue weighted by atomic mass is 79.9. The fraction of sp³-hybridized carbons (Fsp3) is 0.533. The molecule has 1 aliphatic heterocycles. The van der Waals surface area contributed by atoms with Gasteiger partial charge in [0, 0.05) is 23.1 Å². The normalized spacial score (nSPS) is 19.5. The lowest BCUT2D eigenvalue weighted by molar-refractivity contribution is 0.0674. The van der Waals surface area contributed by atoms with E-state index in [0.29, 0.717) is 5.92 Å². The summed E-state index contributed by atoms with van der Waals surface area (Å²) in [7, 11) is 1.97. The predicted octanol–water partition coefficient (Wildman–Crippen LogP) is 2.83. The molecule has 1 aliphatic rings. The first-order valence-electron chi connectivity index (χ1n) is 6.81. The lowest BCUT2D eigenvalue weighted by atomic mass is 9.97. The number of nitrogens with one attached hydrogen (secondary N) is 1. The van der Waals surface area contributed by atoms with Crippen LogP contribution in [-0.2, 0) is 0 Å². The molecule has 0 saturated carbocycles. The molecule has 1 amide bonds. The lowest BCUT2D eigenvalue weighted by Gasteiger charge is -2.32. The number of amides is 1. The van der Waals surface area contributed by atoms with E-state index in [-0.39, 0.29) is 5.91 Å². The van der Waals surface area contributed by atoms with E-state index in [4.69, 9.17) is 0 Å². The number of hydrogen-bond donors (Lipinski definition) is 1. The van der Waals surface area contributed by atoms with Gasteiger partial charge in [0.2, 0.25) is 0 Å². The number of likely N-dealkylation sites (tertiary alicyclic amines) is 1. The Balaban J connectivity index is 2.10. The maximum Gasteiger partial charge on any atom is 0.253 e. The SMILES string of the molecule is CNCC1CCCN(C(=O)c2cc(C)cc(Br)c2)C1. The highest BCUT2D eigenvalue weighted by Crippen LogP contribution is 2.21. The molecule has 1 N–H and O–H groups in total. The van der Waals surface area contributed by atoms with E-state index in [2.05, 4.69) is 21.2 Å². The summed E-state index contributed by atoms with van der Waals surface area (Å²) in [6.07, 6.45) is 2.31. The van der Waals surface area contributed by atoms with Crippen molar-refractivity contribution in [1.29, 1.82) is 0 Å². The van der Waals surface area contributed by atoms with Crippen LogP contribution >= 0.6 is 15.9 Å². The zero-order chi connectivity index (χ0) is 13.8. The largest absolute Gasteiger partial charge is 0.338 e. The average Bonchev–Trinajstić information content (AvgIpc) is 2.37. The molecule has 1 fully saturated rings. The third-order valence-electron chi connectivity index (χ3n) is 3.59. The molecule has 0 radical (unpaired) electrons. The van der Waals surface area contributed by atoms with Crippen molar-refractivity contribution in [2.45, 2.75) is 19.8 Å². The number of nitrogens with zero attached hydrogens (tertiary/aromatic N) is 1. The van der Waals surface area contributed by atoms with E-state index < -0.39 is 0 Å². The number of carbonyl (C=O) groups excluding carboxylic acids is 1. The number of hydrogen-bond acceptors (Lipinski definition) is 2. The Morgan fingerprint density at radius 2 is 2.26 bits per heavy atom. The van der Waals surface area contributed by atoms with Crippen LogP contribution in [-0.4, -0.2) is 37.5 Å². The summed E-state index contributed by atoms with van der Waals surface area (Å²) < 4.78 is 0.972. The summed E-state index contributed by atoms with van der Waals surface area (Å²) in [5.41, 5.74) is 1.90. The van der Waals surface area contributed by atoms with Crippen LogP contribution in [0.1, 0.15) is 28.8 Å². The van der Waals surface area contributed by atoms with Crippen LogP contribution in [0.2, 0.25) is 0 Å². The van der Waals surface area contributed by atoms with Crippen molar-refractivity contribution in [3.63, 3.8) is 0 Å². The summed E-state index contributed by atoms with van der Waals surface area (Å²) in [5, 5.41) is 3.21. The molecule has 1 saturated heterocycles. The fourth-order valence-corrected chi connectivity index (χ4v) is 3.35. The summed E-state index contributed by atoms with van der Waals surface area (Å²) in [6, 6.07) is 5.91. The predicted molar refractivity (Wildman–Crippen MR) is 81.4 cm³/mol. The van der Waals surface area contributed by atoms with Gasteiger partial charge >= 0.3 is 0 Å². The van der Waals surface area contributed by atoms with Gasteiger partial charge in [0.05, 0.1) is 0 Å². The van der Waals surface area contributed by atoms with Gasteiger partial charge in [-0.3, -0.25) is 4.79 Å². The van der Waals surface area contributed by atoms with Gasteiger partial charge in [-0.15, -0.1) is 0 Å². The summed E-state index contributed by atoms with van der Waals surface area (Å²) in [5.74, 6) is 0.737. The van der Waals surface area contributed by atoms with Crippen LogP contribution in [0.5, 0.6) is 0 Å². The second-order valence-electron chi connectivity index (χ2n) is 5.33. The highest BCUT2D eigenvalue weighted by Gasteiger charge is 2.24. The van der Waals surface area contributed by atoms with E-state index in [1.54, 1.807) is 0 Å². The number of aryl methyl sites for hydroxylation is 1. The fourth-order valence-electron chi connectivity index (χ4n) is 2.75. The second kappa shape index (κ2) is 6.53. The summed E-state index contributed by atoms with van der Waals surface area (Å²) >= 11 is 3.46. The minimum absolute atomic E-state index is 0.158. The van der Waals surface area contributed by atoms with Gasteiger partial charge in [0.15, 0.2) is 0 Å². The molecule has 19 heavy (non-hydrogen) atoms. The monoisotopic (exact) mass is 324 g/mol. The topological polar surface area (TPSA) is 32.3 Å². The van der Waals surface area contributed by atoms with Gasteiger partial charge in [-0.1, -0.05) is 15.9 Å². The van der Waals surface area contributed by atoms with Gasteiger partial charge in [-0.2, -0.15) is 0 Å². The molecule has 0 bridgehead atoms. The van der Waals surface area contributed by atoms with Crippen molar-refractivity contribution >= 4 is 21.8 Å². The Morgan fingerprint density at radius 1 is 1.47 bits per heavy atom. The zero-order valence-corrected chi connectivity index (χ0v) is 13.2. The minimum atomic E-state index is 0.158. The minimum Gasteiger partial charge on any atom is -0.338 e. The molecule has 1 heterocycles. The number of piperidine rings is 1. The van der Waals surface area contributed by atoms with E-state index in [0.717, 1.165) is 41.7 Å². The van der Waals surface area contributed by atoms with Crippen molar-refractivity contribution in [1.82, 2.24) is 10.2 Å². The molecule has 2 rings (SSSR count). The Labute approximate surface area is 123 Å². The van der Waals surface area contributed by atoms with E-state index in [1.165, 1.54) is 6.42 Å². The van der Waals surface area contributed by atoms with E-state index in [1.807, 2.05) is 37.1 Å². The third kappa shape index (κ3) is 3.80. The van der Waals surface area contributed by atoms with Crippen LogP contribution < -0.4 is 5.32 Å². The first kappa shape index (κ1) is 14.5.